The molecule has 188 valence electrons. The van der Waals surface area contributed by atoms with Crippen LogP contribution in [-0.2, 0) is 28.4 Å². The number of hydrogen-bond acceptors (Lipinski definition) is 12. The molecule has 14 nitrogen and oxygen atoms in total. The van der Waals surface area contributed by atoms with Crippen LogP contribution in [0.3, 0.4) is 0 Å². The lowest BCUT2D eigenvalue weighted by atomic mass is 10.2. The minimum absolute atomic E-state index is 0.145. The number of rotatable bonds is 22. The van der Waals surface area contributed by atoms with Gasteiger partial charge in [0.25, 0.3) is 11.4 Å². The summed E-state index contributed by atoms with van der Waals surface area (Å²) < 4.78 is 31.3. The molecule has 1 aromatic carbocycles. The third-order valence-electron chi connectivity index (χ3n) is 3.91. The highest BCUT2D eigenvalue weighted by atomic mass is 16.6. The van der Waals surface area contributed by atoms with Gasteiger partial charge in [0.2, 0.25) is 0 Å². The maximum atomic E-state index is 11.1. The van der Waals surface area contributed by atoms with E-state index in [1.54, 1.807) is 0 Å². The molecule has 0 amide bonds. The van der Waals surface area contributed by atoms with Gasteiger partial charge in [-0.3, -0.25) is 20.2 Å². The number of nitro benzene ring substituents is 2. The smallest absolute Gasteiger partial charge is 0.299 e. The molecule has 2 N–H and O–H groups in total. The Bertz CT molecular complexity index is 646. The second-order valence-corrected chi connectivity index (χ2v) is 6.21. The highest BCUT2D eigenvalue weighted by Gasteiger charge is 2.24. The van der Waals surface area contributed by atoms with Crippen molar-refractivity contribution < 1.29 is 43.4 Å². The lowest BCUT2D eigenvalue weighted by molar-refractivity contribution is -0.392. The molecule has 0 aliphatic heterocycles. The molecule has 0 saturated carbocycles. The summed E-state index contributed by atoms with van der Waals surface area (Å²) in [5, 5.41) is 33.2. The number of hydrogen-bond donors (Lipinski definition) is 2. The molecule has 0 spiro atoms. The van der Waals surface area contributed by atoms with Crippen LogP contribution in [0.1, 0.15) is 0 Å². The van der Waals surface area contributed by atoms with Gasteiger partial charge in [-0.05, 0) is 6.07 Å². The molecule has 0 atom stereocenters. The number of aliphatic hydroxyl groups excluding tert-OH is 1. The summed E-state index contributed by atoms with van der Waals surface area (Å²) in [4.78, 5) is 20.8. The Hall–Kier alpha value is -2.46. The Morgan fingerprint density at radius 1 is 0.667 bits per heavy atom. The van der Waals surface area contributed by atoms with Crippen molar-refractivity contribution in [2.24, 2.45) is 0 Å². The molecule has 14 heteroatoms. The van der Waals surface area contributed by atoms with E-state index >= 15 is 0 Å². The molecular formula is C19H31N3O11. The Morgan fingerprint density at radius 3 is 1.39 bits per heavy atom. The summed E-state index contributed by atoms with van der Waals surface area (Å²) in [6.07, 6.45) is 0. The van der Waals surface area contributed by atoms with Gasteiger partial charge in [0.05, 0.1) is 82.5 Å². The molecule has 0 aliphatic carbocycles. The normalized spacial score (nSPS) is 10.9. The Labute approximate surface area is 191 Å². The number of ether oxygens (including phenoxy) is 6. The third-order valence-corrected chi connectivity index (χ3v) is 3.91. The van der Waals surface area contributed by atoms with Crippen molar-refractivity contribution in [3.63, 3.8) is 0 Å². The van der Waals surface area contributed by atoms with Gasteiger partial charge in [0.1, 0.15) is 6.79 Å². The van der Waals surface area contributed by atoms with Crippen molar-refractivity contribution in [1.82, 2.24) is 0 Å². The first kappa shape index (κ1) is 28.6. The van der Waals surface area contributed by atoms with Gasteiger partial charge in [-0.25, -0.2) is 0 Å². The highest BCUT2D eigenvalue weighted by molar-refractivity contribution is 5.73. The monoisotopic (exact) mass is 477 g/mol. The van der Waals surface area contributed by atoms with Crippen LogP contribution < -0.4 is 5.32 Å². The molecule has 0 unspecified atom stereocenters. The van der Waals surface area contributed by atoms with Gasteiger partial charge < -0.3 is 38.8 Å². The fourth-order valence-corrected chi connectivity index (χ4v) is 2.43. The van der Waals surface area contributed by atoms with Crippen molar-refractivity contribution in [1.29, 1.82) is 0 Å². The highest BCUT2D eigenvalue weighted by Crippen LogP contribution is 2.33. The fraction of sp³-hybridized carbons (Fsp3) is 0.684. The summed E-state index contributed by atoms with van der Waals surface area (Å²) >= 11 is 0. The van der Waals surface area contributed by atoms with Gasteiger partial charge >= 0.3 is 0 Å². The van der Waals surface area contributed by atoms with Crippen molar-refractivity contribution in [3.8, 4) is 0 Å². The predicted molar refractivity (Wildman–Crippen MR) is 115 cm³/mol. The molecule has 0 aliphatic rings. The number of nitro groups is 2. The molecule has 1 aromatic rings. The average Bonchev–Trinajstić information content (AvgIpc) is 2.80. The van der Waals surface area contributed by atoms with Gasteiger partial charge in [-0.1, -0.05) is 0 Å². The van der Waals surface area contributed by atoms with Crippen LogP contribution in [-0.4, -0.2) is 101 Å². The quantitative estimate of drug-likeness (QED) is 0.105. The molecule has 1 rings (SSSR count). The van der Waals surface area contributed by atoms with Crippen LogP contribution in [0.25, 0.3) is 0 Å². The zero-order valence-corrected chi connectivity index (χ0v) is 18.3. The van der Waals surface area contributed by atoms with Crippen LogP contribution >= 0.6 is 0 Å². The first-order chi connectivity index (χ1) is 16.1. The van der Waals surface area contributed by atoms with Crippen molar-refractivity contribution in [3.05, 3.63) is 38.4 Å². The van der Waals surface area contributed by atoms with E-state index in [1.165, 1.54) is 18.2 Å². The SMILES string of the molecule is O=[N+]([O-])c1cccc([N+](=O)[O-])c1NCCOCCOCCOCCOCCOCCOCO. The number of para-hydroxylation sites is 1. The van der Waals surface area contributed by atoms with Crippen LogP contribution in [0, 0.1) is 20.2 Å². The molecular weight excluding hydrogens is 446 g/mol. The summed E-state index contributed by atoms with van der Waals surface area (Å²) in [5.41, 5.74) is -0.875. The summed E-state index contributed by atoms with van der Waals surface area (Å²) in [7, 11) is 0. The number of nitrogens with zero attached hydrogens (tertiary/aromatic N) is 2. The summed E-state index contributed by atoms with van der Waals surface area (Å²) in [5.74, 6) is 0. The number of anilines is 1. The Balaban J connectivity index is 1.95. The van der Waals surface area contributed by atoms with Crippen molar-refractivity contribution in [2.45, 2.75) is 0 Å². The molecule has 0 aromatic heterocycles. The number of benzene rings is 1. The molecule has 0 bridgehead atoms. The standard InChI is InChI=1S/C19H31N3O11/c23-16-33-15-14-32-13-12-31-11-10-30-9-8-29-7-6-28-5-4-20-19-17(21(24)25)2-1-3-18(19)22(26)27/h1-3,20,23H,4-16H2. The van der Waals surface area contributed by atoms with Crippen molar-refractivity contribution in [2.75, 3.05) is 91.3 Å². The van der Waals surface area contributed by atoms with E-state index in [1.807, 2.05) is 0 Å². The van der Waals surface area contributed by atoms with Gasteiger partial charge in [-0.15, -0.1) is 0 Å². The largest absolute Gasteiger partial charge is 0.377 e. The second kappa shape index (κ2) is 19.0. The maximum absolute atomic E-state index is 11.1. The molecule has 0 radical (unpaired) electrons. The van der Waals surface area contributed by atoms with E-state index in [0.29, 0.717) is 66.1 Å². The number of aliphatic hydroxyl groups is 1. The first-order valence-electron chi connectivity index (χ1n) is 10.3. The lowest BCUT2D eigenvalue weighted by Crippen LogP contribution is -2.16. The van der Waals surface area contributed by atoms with Gasteiger partial charge in [-0.2, -0.15) is 0 Å². The van der Waals surface area contributed by atoms with E-state index in [-0.39, 0.29) is 37.0 Å². The molecule has 0 heterocycles. The molecule has 0 saturated heterocycles. The van der Waals surface area contributed by atoms with Gasteiger partial charge in [0, 0.05) is 18.7 Å². The molecule has 33 heavy (non-hydrogen) atoms. The van der Waals surface area contributed by atoms with E-state index in [2.05, 4.69) is 5.32 Å². The topological polar surface area (TPSA) is 174 Å². The Morgan fingerprint density at radius 2 is 1.03 bits per heavy atom. The van der Waals surface area contributed by atoms with Crippen LogP contribution in [0.15, 0.2) is 18.2 Å². The number of nitrogens with one attached hydrogen (secondary N) is 1. The average molecular weight is 477 g/mol. The van der Waals surface area contributed by atoms with E-state index in [0.717, 1.165) is 0 Å². The zero-order valence-electron chi connectivity index (χ0n) is 18.3. The maximum Gasteiger partial charge on any atom is 0.299 e. The minimum atomic E-state index is -0.676. The van der Waals surface area contributed by atoms with E-state index in [9.17, 15) is 20.2 Å². The minimum Gasteiger partial charge on any atom is -0.377 e. The predicted octanol–water partition coefficient (Wildman–Crippen LogP) is 0.964. The zero-order chi connectivity index (χ0) is 24.2. The third kappa shape index (κ3) is 13.6. The summed E-state index contributed by atoms with van der Waals surface area (Å²) in [6.45, 7) is 3.94. The van der Waals surface area contributed by atoms with E-state index < -0.39 is 9.85 Å². The molecule has 0 fully saturated rings. The summed E-state index contributed by atoms with van der Waals surface area (Å²) in [6, 6.07) is 3.66. The lowest BCUT2D eigenvalue weighted by Gasteiger charge is -2.09. The van der Waals surface area contributed by atoms with E-state index in [4.69, 9.17) is 33.5 Å². The van der Waals surface area contributed by atoms with Crippen molar-refractivity contribution >= 4 is 17.1 Å². The van der Waals surface area contributed by atoms with Gasteiger partial charge in [0.15, 0.2) is 5.69 Å². The van der Waals surface area contributed by atoms with Crippen LogP contribution in [0.4, 0.5) is 17.1 Å². The Kier molecular flexibility index (Phi) is 16.5. The fourth-order valence-electron chi connectivity index (χ4n) is 2.43. The van der Waals surface area contributed by atoms with Crippen LogP contribution in [0.5, 0.6) is 0 Å². The van der Waals surface area contributed by atoms with Crippen LogP contribution in [0.2, 0.25) is 0 Å². The first-order valence-corrected chi connectivity index (χ1v) is 10.3. The second-order valence-electron chi connectivity index (χ2n) is 6.21.